The Morgan fingerprint density at radius 3 is 2.92 bits per heavy atom. The predicted molar refractivity (Wildman–Crippen MR) is 48.6 cm³/mol. The second-order valence-corrected chi connectivity index (χ2v) is 3.06. The summed E-state index contributed by atoms with van der Waals surface area (Å²) in [5.41, 5.74) is 1.06. The van der Waals surface area contributed by atoms with Crippen LogP contribution in [0.3, 0.4) is 0 Å². The average molecular weight is 180 g/mol. The van der Waals surface area contributed by atoms with Crippen molar-refractivity contribution in [1.29, 1.82) is 0 Å². The maximum Gasteiger partial charge on any atom is 0.180 e. The van der Waals surface area contributed by atoms with Crippen LogP contribution in [0.2, 0.25) is 5.02 Å². The summed E-state index contributed by atoms with van der Waals surface area (Å²) < 4.78 is 5.27. The third-order valence-electron chi connectivity index (χ3n) is 1.76. The van der Waals surface area contributed by atoms with Gasteiger partial charge in [-0.05, 0) is 18.2 Å². The van der Waals surface area contributed by atoms with Crippen LogP contribution in [0.1, 0.15) is 12.0 Å². The molecule has 0 N–H and O–H groups in total. The first kappa shape index (κ1) is 7.69. The summed E-state index contributed by atoms with van der Waals surface area (Å²) in [4.78, 5) is 0. The maximum atomic E-state index is 5.83. The average Bonchev–Trinajstić information content (AvgIpc) is 2.56. The van der Waals surface area contributed by atoms with Crippen molar-refractivity contribution in [1.82, 2.24) is 0 Å². The maximum absolute atomic E-state index is 5.83. The molecule has 1 radical (unpaired) electrons. The fourth-order valence-electron chi connectivity index (χ4n) is 1.18. The van der Waals surface area contributed by atoms with E-state index in [1.807, 2.05) is 30.3 Å². The zero-order valence-corrected chi connectivity index (χ0v) is 7.21. The Labute approximate surface area is 76.6 Å². The molecule has 1 aliphatic rings. The van der Waals surface area contributed by atoms with E-state index < -0.39 is 0 Å². The third kappa shape index (κ3) is 1.46. The Morgan fingerprint density at radius 1 is 1.33 bits per heavy atom. The van der Waals surface area contributed by atoms with Gasteiger partial charge in [0.25, 0.3) is 0 Å². The molecule has 0 saturated carbocycles. The molecule has 2 rings (SSSR count). The van der Waals surface area contributed by atoms with E-state index in [9.17, 15) is 0 Å². The van der Waals surface area contributed by atoms with E-state index in [0.717, 1.165) is 23.1 Å². The van der Waals surface area contributed by atoms with Crippen molar-refractivity contribution in [2.45, 2.75) is 6.42 Å². The highest BCUT2D eigenvalue weighted by Gasteiger charge is 2.15. The molecule has 0 atom stereocenters. The molecule has 0 spiro atoms. The van der Waals surface area contributed by atoms with Crippen molar-refractivity contribution >= 4 is 11.6 Å². The topological polar surface area (TPSA) is 9.23 Å². The fraction of sp³-hybridized carbons (Fsp3) is 0.100. The standard InChI is InChI=1S/C10H8ClO/c11-9-4-1-3-8(7-9)10-5-2-6-12-10/h1-4,6-7H,5H2. The molecule has 0 unspecified atom stereocenters. The van der Waals surface area contributed by atoms with E-state index in [-0.39, 0.29) is 0 Å². The Morgan fingerprint density at radius 2 is 2.25 bits per heavy atom. The minimum Gasteiger partial charge on any atom is -0.486 e. The van der Waals surface area contributed by atoms with Gasteiger partial charge in [0.1, 0.15) is 0 Å². The second-order valence-electron chi connectivity index (χ2n) is 2.63. The van der Waals surface area contributed by atoms with Crippen LogP contribution in [-0.2, 0) is 4.74 Å². The molecular formula is C10H8ClO. The van der Waals surface area contributed by atoms with E-state index >= 15 is 0 Å². The third-order valence-corrected chi connectivity index (χ3v) is 1.99. The van der Waals surface area contributed by atoms with E-state index in [4.69, 9.17) is 16.3 Å². The number of halogens is 1. The van der Waals surface area contributed by atoms with Gasteiger partial charge in [-0.1, -0.05) is 23.7 Å². The summed E-state index contributed by atoms with van der Waals surface area (Å²) in [6.07, 6.45) is 5.52. The summed E-state index contributed by atoms with van der Waals surface area (Å²) in [5, 5.41) is 0.746. The van der Waals surface area contributed by atoms with Gasteiger partial charge >= 0.3 is 0 Å². The minimum absolute atomic E-state index is 0.746. The molecule has 0 saturated heterocycles. The van der Waals surface area contributed by atoms with Crippen molar-refractivity contribution in [3.8, 4) is 0 Å². The molecule has 12 heavy (non-hydrogen) atoms. The highest BCUT2D eigenvalue weighted by molar-refractivity contribution is 6.30. The molecule has 1 heterocycles. The molecule has 0 bridgehead atoms. The lowest BCUT2D eigenvalue weighted by molar-refractivity contribution is 0.303. The summed E-state index contributed by atoms with van der Waals surface area (Å²) in [7, 11) is 0. The van der Waals surface area contributed by atoms with Crippen LogP contribution in [0.25, 0.3) is 0 Å². The summed E-state index contributed by atoms with van der Waals surface area (Å²) in [6.45, 7) is 0. The largest absolute Gasteiger partial charge is 0.486 e. The number of hydrogen-bond donors (Lipinski definition) is 0. The van der Waals surface area contributed by atoms with Gasteiger partial charge in [-0.2, -0.15) is 0 Å². The lowest BCUT2D eigenvalue weighted by Crippen LogP contribution is -1.95. The second kappa shape index (κ2) is 3.20. The molecule has 2 heteroatoms. The van der Waals surface area contributed by atoms with Crippen molar-refractivity contribution < 1.29 is 4.74 Å². The van der Waals surface area contributed by atoms with Crippen LogP contribution in [0.5, 0.6) is 0 Å². The molecule has 1 aromatic rings. The molecule has 61 valence electrons. The van der Waals surface area contributed by atoms with Crippen LogP contribution >= 0.6 is 11.6 Å². The zero-order chi connectivity index (χ0) is 8.39. The van der Waals surface area contributed by atoms with Crippen molar-refractivity contribution in [2.75, 3.05) is 0 Å². The Bertz CT molecular complexity index is 298. The first-order valence-corrected chi connectivity index (χ1v) is 4.17. The van der Waals surface area contributed by atoms with Crippen LogP contribution < -0.4 is 0 Å². The molecule has 0 aromatic heterocycles. The monoisotopic (exact) mass is 179 g/mol. The van der Waals surface area contributed by atoms with Gasteiger partial charge < -0.3 is 4.74 Å². The smallest absolute Gasteiger partial charge is 0.180 e. The molecule has 1 nitrogen and oxygen atoms in total. The lowest BCUT2D eigenvalue weighted by Gasteiger charge is -2.08. The van der Waals surface area contributed by atoms with Crippen LogP contribution in [0.15, 0.2) is 36.6 Å². The van der Waals surface area contributed by atoms with Gasteiger partial charge in [0.15, 0.2) is 6.10 Å². The van der Waals surface area contributed by atoms with E-state index in [1.165, 1.54) is 0 Å². The Hall–Kier alpha value is -0.950. The summed E-state index contributed by atoms with van der Waals surface area (Å²) >= 11 is 5.83. The van der Waals surface area contributed by atoms with Gasteiger partial charge in [0.2, 0.25) is 0 Å². The number of hydrogen-bond acceptors (Lipinski definition) is 1. The number of rotatable bonds is 1. The zero-order valence-electron chi connectivity index (χ0n) is 6.46. The van der Waals surface area contributed by atoms with E-state index in [2.05, 4.69) is 0 Å². The quantitative estimate of drug-likeness (QED) is 0.644. The van der Waals surface area contributed by atoms with Crippen LogP contribution in [-0.4, -0.2) is 0 Å². The van der Waals surface area contributed by atoms with Crippen LogP contribution in [0, 0.1) is 6.10 Å². The van der Waals surface area contributed by atoms with Gasteiger partial charge in [-0.3, -0.25) is 0 Å². The Kier molecular flexibility index (Phi) is 2.05. The molecule has 0 fully saturated rings. The highest BCUT2D eigenvalue weighted by Crippen LogP contribution is 2.26. The predicted octanol–water partition coefficient (Wildman–Crippen LogP) is 3.15. The normalized spacial score (nSPS) is 16.4. The number of benzene rings is 1. The van der Waals surface area contributed by atoms with Gasteiger partial charge in [-0.15, -0.1) is 0 Å². The van der Waals surface area contributed by atoms with Crippen molar-refractivity contribution in [2.24, 2.45) is 0 Å². The lowest BCUT2D eigenvalue weighted by atomic mass is 10.1. The highest BCUT2D eigenvalue weighted by atomic mass is 35.5. The Balaban J connectivity index is 2.22. The molecule has 0 aliphatic carbocycles. The van der Waals surface area contributed by atoms with Gasteiger partial charge in [0, 0.05) is 17.0 Å². The number of ether oxygens (including phenoxy) is 1. The summed E-state index contributed by atoms with van der Waals surface area (Å²) in [5.74, 6) is 0. The van der Waals surface area contributed by atoms with Crippen molar-refractivity contribution in [3.05, 3.63) is 53.3 Å². The van der Waals surface area contributed by atoms with Crippen molar-refractivity contribution in [3.63, 3.8) is 0 Å². The fourth-order valence-corrected chi connectivity index (χ4v) is 1.37. The molecule has 1 aliphatic heterocycles. The van der Waals surface area contributed by atoms with Gasteiger partial charge in [0.05, 0.1) is 6.26 Å². The molecular weight excluding hydrogens is 172 g/mol. The molecule has 1 aromatic carbocycles. The van der Waals surface area contributed by atoms with E-state index in [1.54, 1.807) is 6.26 Å². The SMILES string of the molecule is Clc1cccc([C]2CC=CO2)c1. The first-order chi connectivity index (χ1) is 5.86. The summed E-state index contributed by atoms with van der Waals surface area (Å²) in [6, 6.07) is 7.68. The van der Waals surface area contributed by atoms with Gasteiger partial charge in [-0.25, -0.2) is 0 Å². The first-order valence-electron chi connectivity index (χ1n) is 3.80. The van der Waals surface area contributed by atoms with Crippen LogP contribution in [0.4, 0.5) is 0 Å². The molecule has 0 amide bonds. The minimum atomic E-state index is 0.746. The van der Waals surface area contributed by atoms with E-state index in [0.29, 0.717) is 0 Å².